The second kappa shape index (κ2) is 6.55. The van der Waals surface area contributed by atoms with Gasteiger partial charge in [-0.15, -0.1) is 15.3 Å². The molecule has 1 saturated heterocycles. The number of fused-ring (bicyclic) bond motifs is 1. The second-order valence-corrected chi connectivity index (χ2v) is 7.29. The standard InChI is InChI=1S/C16H19BrN8/c1-23(2)14-4-3-13-20-21-15(25(13)22-14)11-5-7-24(8-6-11)16-18-9-12(17)10-19-16/h3-4,9-11H,5-8H2,1-2H3. The number of piperidine rings is 1. The van der Waals surface area contributed by atoms with Crippen LogP contribution >= 0.6 is 15.9 Å². The van der Waals surface area contributed by atoms with Gasteiger partial charge in [0.1, 0.15) is 5.82 Å². The molecule has 25 heavy (non-hydrogen) atoms. The first-order valence-electron chi connectivity index (χ1n) is 8.24. The Balaban J connectivity index is 1.53. The van der Waals surface area contributed by atoms with Gasteiger partial charge in [-0.2, -0.15) is 4.52 Å². The topological polar surface area (TPSA) is 75.3 Å². The summed E-state index contributed by atoms with van der Waals surface area (Å²) in [6.07, 6.45) is 5.53. The maximum atomic E-state index is 4.67. The van der Waals surface area contributed by atoms with Crippen molar-refractivity contribution in [3.63, 3.8) is 0 Å². The van der Waals surface area contributed by atoms with Crippen molar-refractivity contribution in [3.8, 4) is 0 Å². The van der Waals surface area contributed by atoms with Gasteiger partial charge in [0.25, 0.3) is 0 Å². The number of nitrogens with zero attached hydrogens (tertiary/aromatic N) is 8. The molecule has 0 N–H and O–H groups in total. The molecule has 0 unspecified atom stereocenters. The van der Waals surface area contributed by atoms with Crippen molar-refractivity contribution in [2.24, 2.45) is 0 Å². The van der Waals surface area contributed by atoms with E-state index in [1.165, 1.54) is 0 Å². The highest BCUT2D eigenvalue weighted by molar-refractivity contribution is 9.10. The van der Waals surface area contributed by atoms with E-state index in [4.69, 9.17) is 0 Å². The van der Waals surface area contributed by atoms with Gasteiger partial charge in [0.2, 0.25) is 5.95 Å². The molecule has 1 fully saturated rings. The molecule has 130 valence electrons. The van der Waals surface area contributed by atoms with Crippen LogP contribution in [0.25, 0.3) is 5.65 Å². The summed E-state index contributed by atoms with van der Waals surface area (Å²) in [7, 11) is 3.96. The number of halogens is 1. The van der Waals surface area contributed by atoms with Crippen molar-refractivity contribution in [1.29, 1.82) is 0 Å². The Bertz CT molecular complexity index is 867. The van der Waals surface area contributed by atoms with Crippen molar-refractivity contribution in [2.75, 3.05) is 37.0 Å². The first-order valence-corrected chi connectivity index (χ1v) is 9.03. The van der Waals surface area contributed by atoms with Gasteiger partial charge in [0, 0.05) is 45.5 Å². The van der Waals surface area contributed by atoms with Gasteiger partial charge in [0.05, 0.1) is 4.47 Å². The van der Waals surface area contributed by atoms with E-state index in [0.29, 0.717) is 5.92 Å². The minimum absolute atomic E-state index is 0.339. The van der Waals surface area contributed by atoms with Crippen molar-refractivity contribution >= 4 is 33.3 Å². The van der Waals surface area contributed by atoms with E-state index in [1.54, 1.807) is 12.4 Å². The minimum Gasteiger partial charge on any atom is -0.361 e. The molecule has 0 saturated carbocycles. The molecule has 0 atom stereocenters. The molecule has 0 amide bonds. The van der Waals surface area contributed by atoms with Crippen molar-refractivity contribution in [1.82, 2.24) is 29.8 Å². The Morgan fingerprint density at radius 1 is 1.08 bits per heavy atom. The normalized spacial score (nSPS) is 15.7. The molecule has 0 radical (unpaired) electrons. The maximum absolute atomic E-state index is 4.67. The summed E-state index contributed by atoms with van der Waals surface area (Å²) in [4.78, 5) is 13.0. The van der Waals surface area contributed by atoms with Crippen LogP contribution in [-0.4, -0.2) is 57.0 Å². The maximum Gasteiger partial charge on any atom is 0.225 e. The van der Waals surface area contributed by atoms with E-state index in [-0.39, 0.29) is 0 Å². The smallest absolute Gasteiger partial charge is 0.225 e. The second-order valence-electron chi connectivity index (χ2n) is 6.38. The third-order valence-corrected chi connectivity index (χ3v) is 4.89. The van der Waals surface area contributed by atoms with Crippen LogP contribution in [0.15, 0.2) is 29.0 Å². The Kier molecular flexibility index (Phi) is 4.24. The highest BCUT2D eigenvalue weighted by atomic mass is 79.9. The van der Waals surface area contributed by atoms with E-state index in [0.717, 1.165) is 53.6 Å². The van der Waals surface area contributed by atoms with Gasteiger partial charge in [-0.1, -0.05) is 0 Å². The SMILES string of the molecule is CN(C)c1ccc2nnc(C3CCN(c4ncc(Br)cn4)CC3)n2n1. The Hall–Kier alpha value is -2.29. The zero-order valence-electron chi connectivity index (χ0n) is 14.2. The van der Waals surface area contributed by atoms with Gasteiger partial charge in [-0.25, -0.2) is 9.97 Å². The lowest BCUT2D eigenvalue weighted by atomic mass is 9.96. The molecule has 4 rings (SSSR count). The lowest BCUT2D eigenvalue weighted by molar-refractivity contribution is 0.472. The Morgan fingerprint density at radius 3 is 2.48 bits per heavy atom. The van der Waals surface area contributed by atoms with Gasteiger partial charge < -0.3 is 9.80 Å². The van der Waals surface area contributed by atoms with Gasteiger partial charge in [-0.05, 0) is 40.9 Å². The third kappa shape index (κ3) is 3.15. The van der Waals surface area contributed by atoms with Crippen LogP contribution in [-0.2, 0) is 0 Å². The predicted octanol–water partition coefficient (Wildman–Crippen LogP) is 2.13. The zero-order valence-corrected chi connectivity index (χ0v) is 15.8. The van der Waals surface area contributed by atoms with Crippen LogP contribution in [0.3, 0.4) is 0 Å². The van der Waals surface area contributed by atoms with Crippen LogP contribution in [0.5, 0.6) is 0 Å². The van der Waals surface area contributed by atoms with E-state index >= 15 is 0 Å². The number of hydrogen-bond acceptors (Lipinski definition) is 7. The first-order chi connectivity index (χ1) is 12.1. The fourth-order valence-corrected chi connectivity index (χ4v) is 3.30. The Morgan fingerprint density at radius 2 is 1.80 bits per heavy atom. The largest absolute Gasteiger partial charge is 0.361 e. The first kappa shape index (κ1) is 16.2. The molecular formula is C16H19BrN8. The van der Waals surface area contributed by atoms with Crippen LogP contribution < -0.4 is 9.80 Å². The molecule has 1 aliphatic heterocycles. The lowest BCUT2D eigenvalue weighted by Crippen LogP contribution is -2.34. The number of rotatable bonds is 3. The van der Waals surface area contributed by atoms with E-state index < -0.39 is 0 Å². The fourth-order valence-electron chi connectivity index (χ4n) is 3.10. The minimum atomic E-state index is 0.339. The molecule has 8 nitrogen and oxygen atoms in total. The predicted molar refractivity (Wildman–Crippen MR) is 99.0 cm³/mol. The summed E-state index contributed by atoms with van der Waals surface area (Å²) in [5, 5.41) is 13.3. The summed E-state index contributed by atoms with van der Waals surface area (Å²) in [6.45, 7) is 1.79. The van der Waals surface area contributed by atoms with E-state index in [2.05, 4.69) is 46.1 Å². The molecule has 4 heterocycles. The molecule has 3 aromatic heterocycles. The third-order valence-electron chi connectivity index (χ3n) is 4.48. The van der Waals surface area contributed by atoms with Crippen LogP contribution in [0.2, 0.25) is 0 Å². The monoisotopic (exact) mass is 402 g/mol. The zero-order chi connectivity index (χ0) is 17.4. The average molecular weight is 403 g/mol. The van der Waals surface area contributed by atoms with E-state index in [9.17, 15) is 0 Å². The van der Waals surface area contributed by atoms with Crippen LogP contribution in [0.4, 0.5) is 11.8 Å². The molecule has 0 bridgehead atoms. The molecule has 0 aliphatic carbocycles. The van der Waals surface area contributed by atoms with Crippen LogP contribution in [0.1, 0.15) is 24.6 Å². The summed E-state index contributed by atoms with van der Waals surface area (Å²) in [5.74, 6) is 2.96. The van der Waals surface area contributed by atoms with Gasteiger partial charge in [0.15, 0.2) is 11.5 Å². The summed E-state index contributed by atoms with van der Waals surface area (Å²) in [6, 6.07) is 3.92. The molecule has 0 spiro atoms. The molecule has 1 aliphatic rings. The highest BCUT2D eigenvalue weighted by Gasteiger charge is 2.26. The summed E-state index contributed by atoms with van der Waals surface area (Å²) >= 11 is 3.37. The number of anilines is 2. The van der Waals surface area contributed by atoms with Crippen molar-refractivity contribution in [3.05, 3.63) is 34.8 Å². The summed E-state index contributed by atoms with van der Waals surface area (Å²) in [5.41, 5.74) is 0.791. The average Bonchev–Trinajstić information content (AvgIpc) is 3.05. The van der Waals surface area contributed by atoms with Gasteiger partial charge in [-0.3, -0.25) is 0 Å². The molecule has 3 aromatic rings. The van der Waals surface area contributed by atoms with E-state index in [1.807, 2.05) is 35.6 Å². The number of aromatic nitrogens is 6. The Labute approximate surface area is 154 Å². The van der Waals surface area contributed by atoms with Crippen molar-refractivity contribution in [2.45, 2.75) is 18.8 Å². The summed E-state index contributed by atoms with van der Waals surface area (Å²) < 4.78 is 2.77. The highest BCUT2D eigenvalue weighted by Crippen LogP contribution is 2.28. The fraction of sp³-hybridized carbons (Fsp3) is 0.438. The quantitative estimate of drug-likeness (QED) is 0.663. The van der Waals surface area contributed by atoms with Crippen LogP contribution in [0, 0.1) is 0 Å². The number of hydrogen-bond donors (Lipinski definition) is 0. The lowest BCUT2D eigenvalue weighted by Gasteiger charge is -2.31. The molecule has 9 heteroatoms. The molecular weight excluding hydrogens is 384 g/mol. The van der Waals surface area contributed by atoms with Gasteiger partial charge >= 0.3 is 0 Å². The van der Waals surface area contributed by atoms with Crippen molar-refractivity contribution < 1.29 is 0 Å². The molecule has 0 aromatic carbocycles.